The van der Waals surface area contributed by atoms with Gasteiger partial charge in [-0.25, -0.2) is 0 Å². The van der Waals surface area contributed by atoms with Crippen molar-refractivity contribution < 1.29 is 13.2 Å². The Labute approximate surface area is 79.7 Å². The summed E-state index contributed by atoms with van der Waals surface area (Å²) >= 11 is 0. The van der Waals surface area contributed by atoms with Crippen LogP contribution in [0.25, 0.3) is 0 Å². The van der Waals surface area contributed by atoms with Gasteiger partial charge in [-0.1, -0.05) is 26.0 Å². The van der Waals surface area contributed by atoms with Crippen molar-refractivity contribution in [3.8, 4) is 0 Å². The molecule has 0 bridgehead atoms. The van der Waals surface area contributed by atoms with Crippen LogP contribution in [-0.2, 0) is 12.6 Å². The Hall–Kier alpha value is -1.07. The third-order valence-electron chi connectivity index (χ3n) is 1.60. The Morgan fingerprint density at radius 1 is 1.21 bits per heavy atom. The van der Waals surface area contributed by atoms with Crippen LogP contribution in [0, 0.1) is 5.41 Å². The Bertz CT molecular complexity index is 308. The molecule has 0 aliphatic heterocycles. The molecule has 1 aromatic rings. The molecule has 0 amide bonds. The van der Waals surface area contributed by atoms with Gasteiger partial charge in [-0.2, -0.15) is 13.2 Å². The number of H-pyrrole nitrogens is 1. The van der Waals surface area contributed by atoms with E-state index >= 15 is 0 Å². The van der Waals surface area contributed by atoms with Crippen LogP contribution in [0.5, 0.6) is 0 Å². The summed E-state index contributed by atoms with van der Waals surface area (Å²) in [6.07, 6.45) is -4.15. The van der Waals surface area contributed by atoms with Crippen LogP contribution in [0.2, 0.25) is 0 Å². The number of alkyl halides is 3. The molecule has 1 rings (SSSR count). The summed E-state index contributed by atoms with van der Waals surface area (Å²) in [6, 6.07) is 0. The van der Waals surface area contributed by atoms with Crippen LogP contribution in [0.1, 0.15) is 32.2 Å². The molecule has 1 aromatic heterocycles. The molecule has 0 aliphatic rings. The molecule has 0 saturated heterocycles. The van der Waals surface area contributed by atoms with Crippen molar-refractivity contribution in [2.45, 2.75) is 33.4 Å². The number of hydrogen-bond acceptors (Lipinski definition) is 2. The zero-order valence-electron chi connectivity index (χ0n) is 8.24. The molecule has 0 unspecified atom stereocenters. The fourth-order valence-electron chi connectivity index (χ4n) is 1.10. The summed E-state index contributed by atoms with van der Waals surface area (Å²) in [6.45, 7) is 5.55. The smallest absolute Gasteiger partial charge is 0.253 e. The van der Waals surface area contributed by atoms with Crippen molar-refractivity contribution in [3.05, 3.63) is 11.4 Å². The Balaban J connectivity index is 2.95. The lowest BCUT2D eigenvalue weighted by Crippen LogP contribution is -2.15. The highest BCUT2D eigenvalue weighted by Crippen LogP contribution is 2.31. The minimum atomic E-state index is -4.40. The molecule has 0 atom stereocenters. The number of nitrogens with zero attached hydrogens (tertiary/aromatic N) is 2. The van der Waals surface area contributed by atoms with Crippen LogP contribution in [-0.4, -0.2) is 15.4 Å². The summed E-state index contributed by atoms with van der Waals surface area (Å²) in [5, 5.41) is 8.50. The normalized spacial score (nSPS) is 13.3. The molecule has 0 saturated carbocycles. The zero-order chi connectivity index (χ0) is 11.0. The van der Waals surface area contributed by atoms with Crippen LogP contribution < -0.4 is 0 Å². The van der Waals surface area contributed by atoms with E-state index in [1.165, 1.54) is 0 Å². The van der Waals surface area contributed by atoms with Gasteiger partial charge in [0, 0.05) is 0 Å². The summed E-state index contributed by atoms with van der Waals surface area (Å²) in [5.74, 6) is 0. The summed E-state index contributed by atoms with van der Waals surface area (Å²) in [7, 11) is 0. The molecular weight excluding hydrogens is 195 g/mol. The van der Waals surface area contributed by atoms with Crippen molar-refractivity contribution >= 4 is 0 Å². The first-order valence-electron chi connectivity index (χ1n) is 4.17. The minimum absolute atomic E-state index is 0.0231. The largest absolute Gasteiger partial charge is 0.434 e. The molecule has 1 heterocycles. The van der Waals surface area contributed by atoms with Crippen LogP contribution in [0.4, 0.5) is 13.2 Å². The van der Waals surface area contributed by atoms with Gasteiger partial charge >= 0.3 is 6.18 Å². The van der Waals surface area contributed by atoms with Gasteiger partial charge in [0.2, 0.25) is 0 Å². The lowest BCUT2D eigenvalue weighted by atomic mass is 9.90. The van der Waals surface area contributed by atoms with E-state index in [0.717, 1.165) is 0 Å². The SMILES string of the molecule is CC(C)(C)Cc1nn[nH]c1C(F)(F)F. The van der Waals surface area contributed by atoms with Gasteiger partial charge in [-0.15, -0.1) is 5.10 Å². The summed E-state index contributed by atoms with van der Waals surface area (Å²) in [4.78, 5) is 0. The molecule has 80 valence electrons. The maximum Gasteiger partial charge on any atom is 0.434 e. The molecule has 3 nitrogen and oxygen atoms in total. The topological polar surface area (TPSA) is 41.6 Å². The van der Waals surface area contributed by atoms with Crippen molar-refractivity contribution in [1.82, 2.24) is 15.4 Å². The van der Waals surface area contributed by atoms with Crippen molar-refractivity contribution in [3.63, 3.8) is 0 Å². The second kappa shape index (κ2) is 3.25. The maximum absolute atomic E-state index is 12.3. The van der Waals surface area contributed by atoms with Crippen molar-refractivity contribution in [2.24, 2.45) is 5.41 Å². The zero-order valence-corrected chi connectivity index (χ0v) is 8.24. The van der Waals surface area contributed by atoms with Crippen LogP contribution >= 0.6 is 0 Å². The Morgan fingerprint density at radius 2 is 1.79 bits per heavy atom. The van der Waals surface area contributed by atoms with Gasteiger partial charge in [0.05, 0.1) is 5.69 Å². The monoisotopic (exact) mass is 207 g/mol. The highest BCUT2D eigenvalue weighted by atomic mass is 19.4. The second-order valence-corrected chi connectivity index (χ2v) is 4.37. The second-order valence-electron chi connectivity index (χ2n) is 4.37. The Kier molecular flexibility index (Phi) is 2.56. The van der Waals surface area contributed by atoms with E-state index in [4.69, 9.17) is 0 Å². The van der Waals surface area contributed by atoms with Gasteiger partial charge in [-0.3, -0.25) is 5.10 Å². The first-order valence-corrected chi connectivity index (χ1v) is 4.17. The highest BCUT2D eigenvalue weighted by molar-refractivity contribution is 5.13. The average molecular weight is 207 g/mol. The molecule has 0 fully saturated rings. The predicted octanol–water partition coefficient (Wildman–Crippen LogP) is 2.41. The summed E-state index contributed by atoms with van der Waals surface area (Å²) in [5.41, 5.74) is -1.10. The molecule has 0 spiro atoms. The lowest BCUT2D eigenvalue weighted by Gasteiger charge is -2.17. The number of halogens is 3. The first kappa shape index (κ1) is 11.0. The molecule has 1 N–H and O–H groups in total. The standard InChI is InChI=1S/C8H12F3N3/c1-7(2,3)4-5-6(8(9,10)11)13-14-12-5/h4H2,1-3H3,(H,12,13,14). The van der Waals surface area contributed by atoms with Gasteiger partial charge in [0.1, 0.15) is 0 Å². The van der Waals surface area contributed by atoms with Crippen molar-refractivity contribution in [2.75, 3.05) is 0 Å². The first-order chi connectivity index (χ1) is 6.20. The maximum atomic E-state index is 12.3. The summed E-state index contributed by atoms with van der Waals surface area (Å²) < 4.78 is 37.0. The van der Waals surface area contributed by atoms with E-state index in [0.29, 0.717) is 0 Å². The van der Waals surface area contributed by atoms with E-state index < -0.39 is 11.9 Å². The third-order valence-corrected chi connectivity index (χ3v) is 1.60. The average Bonchev–Trinajstić information content (AvgIpc) is 2.29. The van der Waals surface area contributed by atoms with Gasteiger partial charge in [0.25, 0.3) is 0 Å². The molecule has 6 heteroatoms. The van der Waals surface area contributed by atoms with E-state index in [2.05, 4.69) is 10.3 Å². The molecular formula is C8H12F3N3. The van der Waals surface area contributed by atoms with Gasteiger partial charge in [0.15, 0.2) is 5.69 Å². The number of hydrogen-bond donors (Lipinski definition) is 1. The van der Waals surface area contributed by atoms with E-state index in [1.54, 1.807) is 0 Å². The minimum Gasteiger partial charge on any atom is -0.253 e. The number of nitrogens with one attached hydrogen (secondary N) is 1. The molecule has 14 heavy (non-hydrogen) atoms. The molecule has 0 aliphatic carbocycles. The van der Waals surface area contributed by atoms with E-state index in [9.17, 15) is 13.2 Å². The number of rotatable bonds is 1. The third kappa shape index (κ3) is 2.71. The van der Waals surface area contributed by atoms with Gasteiger partial charge < -0.3 is 0 Å². The lowest BCUT2D eigenvalue weighted by molar-refractivity contribution is -0.142. The van der Waals surface area contributed by atoms with Crippen molar-refractivity contribution in [1.29, 1.82) is 0 Å². The van der Waals surface area contributed by atoms with Crippen LogP contribution in [0.3, 0.4) is 0 Å². The van der Waals surface area contributed by atoms with E-state index in [-0.39, 0.29) is 17.5 Å². The van der Waals surface area contributed by atoms with E-state index in [1.807, 2.05) is 25.9 Å². The fourth-order valence-corrected chi connectivity index (χ4v) is 1.10. The highest BCUT2D eigenvalue weighted by Gasteiger charge is 2.37. The quantitative estimate of drug-likeness (QED) is 0.768. The van der Waals surface area contributed by atoms with Crippen LogP contribution in [0.15, 0.2) is 0 Å². The van der Waals surface area contributed by atoms with Gasteiger partial charge in [-0.05, 0) is 11.8 Å². The Morgan fingerprint density at radius 3 is 2.21 bits per heavy atom. The number of aromatic amines is 1. The fraction of sp³-hybridized carbons (Fsp3) is 0.750. The number of aromatic nitrogens is 3. The predicted molar refractivity (Wildman–Crippen MR) is 44.5 cm³/mol. The molecule has 0 aromatic carbocycles. The molecule has 0 radical (unpaired) electrons.